The largest absolute Gasteiger partial charge is 0.489 e. The number of nitrogens with zero attached hydrogens (tertiary/aromatic N) is 3. The van der Waals surface area contributed by atoms with Gasteiger partial charge >= 0.3 is 0 Å². The minimum absolute atomic E-state index is 0.137. The third-order valence-electron chi connectivity index (χ3n) is 5.54. The van der Waals surface area contributed by atoms with Gasteiger partial charge in [0, 0.05) is 19.2 Å². The van der Waals surface area contributed by atoms with Gasteiger partial charge in [0.2, 0.25) is 5.91 Å². The van der Waals surface area contributed by atoms with Gasteiger partial charge in [0.05, 0.1) is 23.8 Å². The monoisotopic (exact) mass is 406 g/mol. The zero-order chi connectivity index (χ0) is 20.8. The second-order valence-electron chi connectivity index (χ2n) is 7.72. The van der Waals surface area contributed by atoms with Crippen LogP contribution in [-0.2, 0) is 11.3 Å². The number of pyridine rings is 1. The van der Waals surface area contributed by atoms with Crippen LogP contribution >= 0.6 is 0 Å². The molecular formula is C23H26N4O3. The van der Waals surface area contributed by atoms with Crippen LogP contribution in [0.4, 0.5) is 5.82 Å². The minimum atomic E-state index is -0.226. The lowest BCUT2D eigenvalue weighted by atomic mass is 9.90. The summed E-state index contributed by atoms with van der Waals surface area (Å²) in [5, 5.41) is 3.36. The highest BCUT2D eigenvalue weighted by Gasteiger charge is 2.16. The highest BCUT2D eigenvalue weighted by Crippen LogP contribution is 2.27. The summed E-state index contributed by atoms with van der Waals surface area (Å²) in [4.78, 5) is 33.6. The van der Waals surface area contributed by atoms with E-state index in [1.807, 2.05) is 12.1 Å². The molecule has 0 unspecified atom stereocenters. The van der Waals surface area contributed by atoms with Gasteiger partial charge in [0.1, 0.15) is 0 Å². The number of carbonyl (C=O) groups is 1. The second-order valence-corrected chi connectivity index (χ2v) is 7.72. The zero-order valence-corrected chi connectivity index (χ0v) is 16.9. The number of rotatable bonds is 7. The Morgan fingerprint density at radius 1 is 1.10 bits per heavy atom. The molecule has 2 heterocycles. The third-order valence-corrected chi connectivity index (χ3v) is 5.54. The molecule has 0 bridgehead atoms. The summed E-state index contributed by atoms with van der Waals surface area (Å²) in [5.41, 5.74) is 0.499. The van der Waals surface area contributed by atoms with Crippen molar-refractivity contribution in [2.75, 3.05) is 11.9 Å². The van der Waals surface area contributed by atoms with Crippen LogP contribution in [0.3, 0.4) is 0 Å². The average molecular weight is 406 g/mol. The van der Waals surface area contributed by atoms with Crippen LogP contribution in [0.25, 0.3) is 10.9 Å². The Bertz CT molecular complexity index is 1070. The van der Waals surface area contributed by atoms with Crippen LogP contribution in [0.15, 0.2) is 53.7 Å². The predicted octanol–water partition coefficient (Wildman–Crippen LogP) is 3.78. The summed E-state index contributed by atoms with van der Waals surface area (Å²) in [5.74, 6) is 1.34. The normalized spacial score (nSPS) is 14.5. The summed E-state index contributed by atoms with van der Waals surface area (Å²) in [6.07, 6.45) is 9.45. The van der Waals surface area contributed by atoms with Crippen LogP contribution in [0, 0.1) is 5.92 Å². The van der Waals surface area contributed by atoms with Gasteiger partial charge in [-0.25, -0.2) is 9.97 Å². The molecule has 1 N–H and O–H groups in total. The molecule has 0 aliphatic heterocycles. The molecular weight excluding hydrogens is 380 g/mol. The lowest BCUT2D eigenvalue weighted by Gasteiger charge is -2.22. The molecule has 1 saturated carbocycles. The fourth-order valence-corrected chi connectivity index (χ4v) is 3.84. The number of carbonyl (C=O) groups excluding carboxylic acids is 1. The van der Waals surface area contributed by atoms with Crippen LogP contribution in [0.1, 0.15) is 38.5 Å². The Kier molecular flexibility index (Phi) is 6.37. The van der Waals surface area contributed by atoms with Crippen LogP contribution < -0.4 is 15.6 Å². The Labute approximate surface area is 175 Å². The molecule has 30 heavy (non-hydrogen) atoms. The summed E-state index contributed by atoms with van der Waals surface area (Å²) >= 11 is 0. The molecule has 3 aromatic rings. The van der Waals surface area contributed by atoms with Gasteiger partial charge in [-0.05, 0) is 43.0 Å². The van der Waals surface area contributed by atoms with Crippen molar-refractivity contribution in [1.82, 2.24) is 14.5 Å². The fourth-order valence-electron chi connectivity index (χ4n) is 3.84. The number of amides is 1. The molecule has 1 aliphatic rings. The maximum Gasteiger partial charge on any atom is 0.261 e. The fraction of sp³-hybridized carbons (Fsp3) is 0.391. The number of aromatic nitrogens is 3. The van der Waals surface area contributed by atoms with E-state index in [9.17, 15) is 9.59 Å². The highest BCUT2D eigenvalue weighted by molar-refractivity contribution is 5.91. The number of anilines is 1. The number of aryl methyl sites for hydroxylation is 1. The van der Waals surface area contributed by atoms with Crippen molar-refractivity contribution in [2.45, 2.75) is 45.1 Å². The summed E-state index contributed by atoms with van der Waals surface area (Å²) in [6, 6.07) is 10.8. The van der Waals surface area contributed by atoms with Crippen LogP contribution in [0.2, 0.25) is 0 Å². The molecule has 4 rings (SSSR count). The van der Waals surface area contributed by atoms with Crippen molar-refractivity contribution in [2.24, 2.45) is 5.92 Å². The lowest BCUT2D eigenvalue weighted by Crippen LogP contribution is -2.24. The van der Waals surface area contributed by atoms with E-state index in [2.05, 4.69) is 15.3 Å². The van der Waals surface area contributed by atoms with E-state index in [4.69, 9.17) is 4.74 Å². The number of fused-ring (bicyclic) bond motifs is 1. The molecule has 156 valence electrons. The predicted molar refractivity (Wildman–Crippen MR) is 116 cm³/mol. The molecule has 1 aliphatic carbocycles. The van der Waals surface area contributed by atoms with E-state index in [0.717, 1.165) is 0 Å². The van der Waals surface area contributed by atoms with Gasteiger partial charge in [-0.15, -0.1) is 0 Å². The van der Waals surface area contributed by atoms with E-state index in [-0.39, 0.29) is 24.4 Å². The molecule has 1 amide bonds. The number of nitrogens with one attached hydrogen (secondary N) is 1. The van der Waals surface area contributed by atoms with Crippen molar-refractivity contribution >= 4 is 22.6 Å². The molecule has 0 spiro atoms. The molecule has 7 heteroatoms. The smallest absolute Gasteiger partial charge is 0.261 e. The SMILES string of the molecule is O=C(CCn1cnc2ccccc2c1=O)Nc1ncccc1OCC1CCCCC1. The van der Waals surface area contributed by atoms with Crippen LogP contribution in [0.5, 0.6) is 5.75 Å². The standard InChI is InChI=1S/C23H26N4O3/c28-21(12-14-27-16-25-19-10-5-4-9-18(19)23(27)29)26-22-20(11-6-13-24-22)30-15-17-7-2-1-3-8-17/h4-6,9-11,13,16-17H,1-3,7-8,12,14-15H2,(H,24,26,28). The molecule has 0 radical (unpaired) electrons. The first-order valence-electron chi connectivity index (χ1n) is 10.5. The Morgan fingerprint density at radius 3 is 2.80 bits per heavy atom. The summed E-state index contributed by atoms with van der Waals surface area (Å²) < 4.78 is 7.42. The molecule has 0 atom stereocenters. The molecule has 1 aromatic carbocycles. The maximum atomic E-state index is 12.5. The molecule has 0 saturated heterocycles. The zero-order valence-electron chi connectivity index (χ0n) is 16.9. The molecule has 2 aromatic heterocycles. The topological polar surface area (TPSA) is 86.1 Å². The van der Waals surface area contributed by atoms with Gasteiger partial charge < -0.3 is 10.1 Å². The molecule has 1 fully saturated rings. The van der Waals surface area contributed by atoms with Gasteiger partial charge in [-0.3, -0.25) is 14.2 Å². The number of para-hydroxylation sites is 1. The lowest BCUT2D eigenvalue weighted by molar-refractivity contribution is -0.116. The van der Waals surface area contributed by atoms with E-state index >= 15 is 0 Å². The quantitative estimate of drug-likeness (QED) is 0.645. The van der Waals surface area contributed by atoms with Crippen molar-refractivity contribution in [3.63, 3.8) is 0 Å². The summed E-state index contributed by atoms with van der Waals surface area (Å²) in [6.45, 7) is 0.889. The van der Waals surface area contributed by atoms with Crippen molar-refractivity contribution in [3.05, 3.63) is 59.3 Å². The van der Waals surface area contributed by atoms with E-state index in [1.54, 1.807) is 30.5 Å². The van der Waals surface area contributed by atoms with E-state index in [0.29, 0.717) is 35.0 Å². The first kappa shape index (κ1) is 20.1. The number of benzene rings is 1. The second kappa shape index (κ2) is 9.52. The number of hydrogen-bond acceptors (Lipinski definition) is 5. The van der Waals surface area contributed by atoms with Crippen molar-refractivity contribution < 1.29 is 9.53 Å². The van der Waals surface area contributed by atoms with Crippen LogP contribution in [-0.4, -0.2) is 27.0 Å². The summed E-state index contributed by atoms with van der Waals surface area (Å²) in [7, 11) is 0. The maximum absolute atomic E-state index is 12.5. The number of ether oxygens (including phenoxy) is 1. The van der Waals surface area contributed by atoms with Gasteiger partial charge in [0.25, 0.3) is 5.56 Å². The first-order chi connectivity index (χ1) is 14.7. The Morgan fingerprint density at radius 2 is 1.93 bits per heavy atom. The van der Waals surface area contributed by atoms with Crippen molar-refractivity contribution in [1.29, 1.82) is 0 Å². The third kappa shape index (κ3) is 4.84. The highest BCUT2D eigenvalue weighted by atomic mass is 16.5. The number of hydrogen-bond donors (Lipinski definition) is 1. The Balaban J connectivity index is 1.36. The Hall–Kier alpha value is -3.22. The minimum Gasteiger partial charge on any atom is -0.489 e. The average Bonchev–Trinajstić information content (AvgIpc) is 2.79. The molecule has 7 nitrogen and oxygen atoms in total. The first-order valence-corrected chi connectivity index (χ1v) is 10.5. The van der Waals surface area contributed by atoms with Gasteiger partial charge in [-0.2, -0.15) is 0 Å². The van der Waals surface area contributed by atoms with Gasteiger partial charge in [0.15, 0.2) is 11.6 Å². The van der Waals surface area contributed by atoms with E-state index < -0.39 is 0 Å². The van der Waals surface area contributed by atoms with E-state index in [1.165, 1.54) is 43.0 Å². The van der Waals surface area contributed by atoms with Gasteiger partial charge in [-0.1, -0.05) is 31.4 Å². The van der Waals surface area contributed by atoms with Crippen molar-refractivity contribution in [3.8, 4) is 5.75 Å².